The van der Waals surface area contributed by atoms with Crippen molar-refractivity contribution in [2.24, 2.45) is 0 Å². The highest BCUT2D eigenvalue weighted by atomic mass is 32.1. The van der Waals surface area contributed by atoms with E-state index in [-0.39, 0.29) is 0 Å². The summed E-state index contributed by atoms with van der Waals surface area (Å²) in [5, 5.41) is 0. The Bertz CT molecular complexity index is 45.3. The zero-order chi connectivity index (χ0) is 5.54. The van der Waals surface area contributed by atoms with E-state index in [0.29, 0.717) is 0 Å². The molecule has 0 bridgehead atoms. The van der Waals surface area contributed by atoms with Crippen molar-refractivity contribution >= 4 is 17.8 Å². The molecule has 0 aliphatic heterocycles. The van der Waals surface area contributed by atoms with E-state index in [9.17, 15) is 0 Å². The molecule has 0 amide bonds. The maximum absolute atomic E-state index is 4.76. The first-order chi connectivity index (χ1) is 3.41. The molecule has 2 heteroatoms. The molecule has 0 aliphatic carbocycles. The number of rotatable bonds is 4. The standard InChI is InChI=1S/C5H10OS/c1-2-3-4-6-5-7/h5H,2-4H2,1H3. The fourth-order valence-electron chi connectivity index (χ4n) is 0.276. The molecule has 0 fully saturated rings. The molecule has 42 valence electrons. The van der Waals surface area contributed by atoms with E-state index < -0.39 is 0 Å². The summed E-state index contributed by atoms with van der Waals surface area (Å²) in [6, 6.07) is 0. The van der Waals surface area contributed by atoms with Gasteiger partial charge >= 0.3 is 0 Å². The Labute approximate surface area is 49.7 Å². The Morgan fingerprint density at radius 3 is 2.86 bits per heavy atom. The SMILES string of the molecule is CCCCOC=S. The summed E-state index contributed by atoms with van der Waals surface area (Å²) >= 11 is 4.42. The summed E-state index contributed by atoms with van der Waals surface area (Å²) in [7, 11) is 0. The zero-order valence-electron chi connectivity index (χ0n) is 4.52. The first kappa shape index (κ1) is 6.89. The van der Waals surface area contributed by atoms with Crippen LogP contribution in [0.3, 0.4) is 0 Å². The molecular weight excluding hydrogens is 108 g/mol. The van der Waals surface area contributed by atoms with Crippen molar-refractivity contribution in [3.8, 4) is 0 Å². The van der Waals surface area contributed by atoms with Gasteiger partial charge in [0.05, 0.1) is 6.61 Å². The zero-order valence-corrected chi connectivity index (χ0v) is 5.33. The second-order valence-corrected chi connectivity index (χ2v) is 1.51. The number of hydrogen-bond donors (Lipinski definition) is 0. The molecule has 0 N–H and O–H groups in total. The number of hydrogen-bond acceptors (Lipinski definition) is 2. The molecule has 0 saturated carbocycles. The smallest absolute Gasteiger partial charge is 0.146 e. The van der Waals surface area contributed by atoms with E-state index in [0.717, 1.165) is 13.0 Å². The van der Waals surface area contributed by atoms with Crippen molar-refractivity contribution in [2.75, 3.05) is 6.61 Å². The molecule has 1 nitrogen and oxygen atoms in total. The van der Waals surface area contributed by atoms with E-state index in [4.69, 9.17) is 4.74 Å². The predicted octanol–water partition coefficient (Wildman–Crippen LogP) is 1.76. The second kappa shape index (κ2) is 5.89. The first-order valence-corrected chi connectivity index (χ1v) is 2.94. The minimum Gasteiger partial charge on any atom is -0.490 e. The third-order valence-electron chi connectivity index (χ3n) is 0.684. The lowest BCUT2D eigenvalue weighted by molar-refractivity contribution is 0.318. The molecule has 0 rings (SSSR count). The molecule has 0 radical (unpaired) electrons. The van der Waals surface area contributed by atoms with Crippen LogP contribution < -0.4 is 0 Å². The van der Waals surface area contributed by atoms with Crippen LogP contribution in [0, 0.1) is 0 Å². The molecule has 0 heterocycles. The van der Waals surface area contributed by atoms with Gasteiger partial charge in [-0.3, -0.25) is 0 Å². The van der Waals surface area contributed by atoms with Crippen LogP contribution in [-0.2, 0) is 4.74 Å². The maximum Gasteiger partial charge on any atom is 0.146 e. The number of unbranched alkanes of at least 4 members (excludes halogenated alkanes) is 1. The van der Waals surface area contributed by atoms with E-state index in [1.807, 2.05) is 0 Å². The van der Waals surface area contributed by atoms with Crippen LogP contribution >= 0.6 is 12.2 Å². The molecule has 0 unspecified atom stereocenters. The van der Waals surface area contributed by atoms with Gasteiger partial charge in [-0.15, -0.1) is 0 Å². The second-order valence-electron chi connectivity index (χ2n) is 1.32. The van der Waals surface area contributed by atoms with Crippen molar-refractivity contribution in [2.45, 2.75) is 19.8 Å². The van der Waals surface area contributed by atoms with Crippen LogP contribution in [-0.4, -0.2) is 12.2 Å². The van der Waals surface area contributed by atoms with Crippen LogP contribution in [0.2, 0.25) is 0 Å². The summed E-state index contributed by atoms with van der Waals surface area (Å²) < 4.78 is 4.76. The fourth-order valence-corrected chi connectivity index (χ4v) is 0.372. The van der Waals surface area contributed by atoms with Gasteiger partial charge in [0.15, 0.2) is 0 Å². The van der Waals surface area contributed by atoms with Gasteiger partial charge in [0.25, 0.3) is 0 Å². The summed E-state index contributed by atoms with van der Waals surface area (Å²) in [6.07, 6.45) is 2.27. The van der Waals surface area contributed by atoms with Gasteiger partial charge in [0, 0.05) is 0 Å². The Hall–Kier alpha value is -0.110. The fraction of sp³-hybridized carbons (Fsp3) is 0.800. The van der Waals surface area contributed by atoms with Crippen molar-refractivity contribution < 1.29 is 4.74 Å². The average molecular weight is 118 g/mol. The molecule has 0 aromatic rings. The summed E-state index contributed by atoms with van der Waals surface area (Å²) in [6.45, 7) is 2.90. The number of ether oxygens (including phenoxy) is 1. The molecule has 0 aromatic carbocycles. The van der Waals surface area contributed by atoms with E-state index in [2.05, 4.69) is 19.1 Å². The van der Waals surface area contributed by atoms with E-state index in [1.54, 1.807) is 0 Å². The average Bonchev–Trinajstić information content (AvgIpc) is 1.69. The van der Waals surface area contributed by atoms with Gasteiger partial charge in [-0.1, -0.05) is 13.3 Å². The van der Waals surface area contributed by atoms with Gasteiger partial charge in [-0.25, -0.2) is 0 Å². The third-order valence-corrected chi connectivity index (χ3v) is 0.820. The lowest BCUT2D eigenvalue weighted by Gasteiger charge is -1.92. The van der Waals surface area contributed by atoms with E-state index >= 15 is 0 Å². The lowest BCUT2D eigenvalue weighted by atomic mass is 10.4. The molecule has 0 aromatic heterocycles. The van der Waals surface area contributed by atoms with Crippen LogP contribution in [0.4, 0.5) is 0 Å². The van der Waals surface area contributed by atoms with Crippen molar-refractivity contribution in [1.82, 2.24) is 0 Å². The highest BCUT2D eigenvalue weighted by molar-refractivity contribution is 7.78. The molecule has 0 saturated heterocycles. The highest BCUT2D eigenvalue weighted by Crippen LogP contribution is 1.84. The van der Waals surface area contributed by atoms with Crippen molar-refractivity contribution in [1.29, 1.82) is 0 Å². The van der Waals surface area contributed by atoms with Crippen LogP contribution in [0.1, 0.15) is 19.8 Å². The Kier molecular flexibility index (Phi) is 5.80. The Morgan fingerprint density at radius 2 is 2.43 bits per heavy atom. The first-order valence-electron chi connectivity index (χ1n) is 2.47. The molecule has 0 atom stereocenters. The minimum absolute atomic E-state index is 0.778. The number of thiocarbonyl (C=S) groups is 1. The molecular formula is C5H10OS. The molecule has 0 spiro atoms. The maximum atomic E-state index is 4.76. The summed E-state index contributed by atoms with van der Waals surface area (Å²) in [5.41, 5.74) is 1.32. The highest BCUT2D eigenvalue weighted by Gasteiger charge is 1.76. The summed E-state index contributed by atoms with van der Waals surface area (Å²) in [4.78, 5) is 0. The monoisotopic (exact) mass is 118 g/mol. The Morgan fingerprint density at radius 1 is 1.71 bits per heavy atom. The third kappa shape index (κ3) is 5.89. The summed E-state index contributed by atoms with van der Waals surface area (Å²) in [5.74, 6) is 0. The topological polar surface area (TPSA) is 9.23 Å². The van der Waals surface area contributed by atoms with Gasteiger partial charge in [0.1, 0.15) is 5.55 Å². The predicted molar refractivity (Wildman–Crippen MR) is 34.5 cm³/mol. The van der Waals surface area contributed by atoms with Gasteiger partial charge < -0.3 is 4.74 Å². The lowest BCUT2D eigenvalue weighted by Crippen LogP contribution is -1.87. The Balaban J connectivity index is 2.56. The van der Waals surface area contributed by atoms with Gasteiger partial charge in [0.2, 0.25) is 0 Å². The normalized spacial score (nSPS) is 8.14. The van der Waals surface area contributed by atoms with E-state index in [1.165, 1.54) is 12.0 Å². The van der Waals surface area contributed by atoms with Crippen molar-refractivity contribution in [3.05, 3.63) is 0 Å². The minimum atomic E-state index is 0.778. The van der Waals surface area contributed by atoms with Crippen LogP contribution in [0.25, 0.3) is 0 Å². The van der Waals surface area contributed by atoms with Crippen molar-refractivity contribution in [3.63, 3.8) is 0 Å². The molecule has 0 aliphatic rings. The molecule has 7 heavy (non-hydrogen) atoms. The largest absolute Gasteiger partial charge is 0.490 e. The van der Waals surface area contributed by atoms with Crippen LogP contribution in [0.15, 0.2) is 0 Å². The van der Waals surface area contributed by atoms with Gasteiger partial charge in [-0.2, -0.15) is 0 Å². The van der Waals surface area contributed by atoms with Gasteiger partial charge in [-0.05, 0) is 18.6 Å². The quantitative estimate of drug-likeness (QED) is 0.411. The van der Waals surface area contributed by atoms with Crippen LogP contribution in [0.5, 0.6) is 0 Å².